The number of halogens is 2. The van der Waals surface area contributed by atoms with Crippen LogP contribution < -0.4 is 10.6 Å². The Labute approximate surface area is 162 Å². The molecule has 0 saturated heterocycles. The van der Waals surface area contributed by atoms with Gasteiger partial charge in [0.2, 0.25) is 11.8 Å². The number of amides is 2. The van der Waals surface area contributed by atoms with Crippen molar-refractivity contribution >= 4 is 40.7 Å². The number of hydrogen-bond acceptors (Lipinski definition) is 2. The highest BCUT2D eigenvalue weighted by atomic mass is 35.5. The lowest BCUT2D eigenvalue weighted by Gasteiger charge is -2.16. The van der Waals surface area contributed by atoms with Crippen molar-refractivity contribution in [2.45, 2.75) is 25.7 Å². The molecule has 0 unspecified atom stereocenters. The van der Waals surface area contributed by atoms with Crippen LogP contribution in [-0.2, 0) is 16.0 Å². The Balaban J connectivity index is 1.51. The molecule has 26 heavy (non-hydrogen) atoms. The lowest BCUT2D eigenvalue weighted by atomic mass is 10.0. The minimum atomic E-state index is -0.971. The summed E-state index contributed by atoms with van der Waals surface area (Å²) >= 11 is 11.9. The summed E-state index contributed by atoms with van der Waals surface area (Å²) in [6.07, 6.45) is 2.83. The van der Waals surface area contributed by atoms with Crippen LogP contribution in [0.5, 0.6) is 0 Å². The zero-order valence-electron chi connectivity index (χ0n) is 14.2. The van der Waals surface area contributed by atoms with Crippen LogP contribution in [0.3, 0.4) is 0 Å². The van der Waals surface area contributed by atoms with Gasteiger partial charge in [-0.05, 0) is 49.4 Å². The Hall–Kier alpha value is -2.04. The van der Waals surface area contributed by atoms with E-state index in [2.05, 4.69) is 22.8 Å². The highest BCUT2D eigenvalue weighted by Gasteiger charge is 2.56. The third kappa shape index (κ3) is 4.57. The highest BCUT2D eigenvalue weighted by molar-refractivity contribution is 6.35. The number of carbonyl (C=O) groups excluding carboxylic acids is 2. The summed E-state index contributed by atoms with van der Waals surface area (Å²) < 4.78 is 0. The molecule has 2 amide bonds. The summed E-state index contributed by atoms with van der Waals surface area (Å²) in [6, 6.07) is 14.9. The number of aryl methyl sites for hydroxylation is 1. The Bertz CT molecular complexity index is 784. The quantitative estimate of drug-likeness (QED) is 0.541. The van der Waals surface area contributed by atoms with Gasteiger partial charge in [-0.25, -0.2) is 0 Å². The molecule has 6 heteroatoms. The van der Waals surface area contributed by atoms with E-state index in [0.29, 0.717) is 35.1 Å². The van der Waals surface area contributed by atoms with Gasteiger partial charge in [0.05, 0.1) is 0 Å². The Kier molecular flexibility index (Phi) is 5.84. The summed E-state index contributed by atoms with van der Waals surface area (Å²) in [4.78, 5) is 25.0. The standard InChI is InChI=1S/C20H20Cl2N2O2/c21-15-11-16(22)13-17(12-15)24-19(26)20(8-9-20)18(25)23-10-4-7-14-5-2-1-3-6-14/h1-3,5-6,11-13H,4,7-10H2,(H,23,25)(H,24,26). The van der Waals surface area contributed by atoms with Gasteiger partial charge in [0.15, 0.2) is 0 Å². The van der Waals surface area contributed by atoms with Gasteiger partial charge in [-0.1, -0.05) is 53.5 Å². The molecule has 4 nitrogen and oxygen atoms in total. The third-order valence-electron chi connectivity index (χ3n) is 4.51. The van der Waals surface area contributed by atoms with Crippen molar-refractivity contribution in [3.8, 4) is 0 Å². The monoisotopic (exact) mass is 390 g/mol. The molecule has 0 bridgehead atoms. The van der Waals surface area contributed by atoms with E-state index in [1.54, 1.807) is 18.2 Å². The summed E-state index contributed by atoms with van der Waals surface area (Å²) in [7, 11) is 0. The molecular weight excluding hydrogens is 371 g/mol. The minimum absolute atomic E-state index is 0.212. The summed E-state index contributed by atoms with van der Waals surface area (Å²) in [5, 5.41) is 6.51. The van der Waals surface area contributed by atoms with Crippen molar-refractivity contribution in [1.29, 1.82) is 0 Å². The molecule has 136 valence electrons. The van der Waals surface area contributed by atoms with Crippen LogP contribution in [0.15, 0.2) is 48.5 Å². The number of hydrogen-bond donors (Lipinski definition) is 2. The first-order valence-electron chi connectivity index (χ1n) is 8.59. The largest absolute Gasteiger partial charge is 0.355 e. The number of benzene rings is 2. The van der Waals surface area contributed by atoms with Crippen LogP contribution in [0.25, 0.3) is 0 Å². The second-order valence-electron chi connectivity index (χ2n) is 6.54. The van der Waals surface area contributed by atoms with Crippen LogP contribution in [0.2, 0.25) is 10.0 Å². The van der Waals surface area contributed by atoms with Crippen molar-refractivity contribution in [3.63, 3.8) is 0 Å². The van der Waals surface area contributed by atoms with E-state index in [-0.39, 0.29) is 11.8 Å². The fraction of sp³-hybridized carbons (Fsp3) is 0.300. The van der Waals surface area contributed by atoms with E-state index in [4.69, 9.17) is 23.2 Å². The van der Waals surface area contributed by atoms with Crippen molar-refractivity contribution in [1.82, 2.24) is 5.32 Å². The molecule has 1 fully saturated rings. The second-order valence-corrected chi connectivity index (χ2v) is 7.41. The second kappa shape index (κ2) is 8.11. The lowest BCUT2D eigenvalue weighted by Crippen LogP contribution is -2.40. The molecular formula is C20H20Cl2N2O2. The molecule has 1 aliphatic carbocycles. The van der Waals surface area contributed by atoms with Crippen LogP contribution in [0.4, 0.5) is 5.69 Å². The van der Waals surface area contributed by atoms with Gasteiger partial charge in [0.25, 0.3) is 0 Å². The molecule has 0 heterocycles. The van der Waals surface area contributed by atoms with Crippen molar-refractivity contribution < 1.29 is 9.59 Å². The van der Waals surface area contributed by atoms with Crippen molar-refractivity contribution in [3.05, 3.63) is 64.1 Å². The van der Waals surface area contributed by atoms with Crippen molar-refractivity contribution in [2.24, 2.45) is 5.41 Å². The number of nitrogens with one attached hydrogen (secondary N) is 2. The van der Waals surface area contributed by atoms with E-state index < -0.39 is 5.41 Å². The summed E-state index contributed by atoms with van der Waals surface area (Å²) in [6.45, 7) is 0.547. The van der Waals surface area contributed by atoms with Gasteiger partial charge >= 0.3 is 0 Å². The smallest absolute Gasteiger partial charge is 0.240 e. The Morgan fingerprint density at radius 1 is 0.962 bits per heavy atom. The van der Waals surface area contributed by atoms with Crippen LogP contribution in [-0.4, -0.2) is 18.4 Å². The number of rotatable bonds is 7. The van der Waals surface area contributed by atoms with E-state index in [0.717, 1.165) is 12.8 Å². The zero-order valence-corrected chi connectivity index (χ0v) is 15.7. The van der Waals surface area contributed by atoms with Crippen molar-refractivity contribution in [2.75, 3.05) is 11.9 Å². The van der Waals surface area contributed by atoms with Gasteiger partial charge in [-0.2, -0.15) is 0 Å². The van der Waals surface area contributed by atoms with E-state index >= 15 is 0 Å². The fourth-order valence-corrected chi connectivity index (χ4v) is 3.39. The first-order chi connectivity index (χ1) is 12.5. The van der Waals surface area contributed by atoms with Gasteiger partial charge in [-0.3, -0.25) is 9.59 Å². The van der Waals surface area contributed by atoms with Crippen LogP contribution in [0, 0.1) is 5.41 Å². The molecule has 2 aromatic carbocycles. The summed E-state index contributed by atoms with van der Waals surface area (Å²) in [5.41, 5.74) is 0.760. The van der Waals surface area contributed by atoms with Gasteiger partial charge in [-0.15, -0.1) is 0 Å². The SMILES string of the molecule is O=C(NCCCc1ccccc1)C1(C(=O)Nc2cc(Cl)cc(Cl)c2)CC1. The molecule has 0 atom stereocenters. The molecule has 0 aromatic heterocycles. The first-order valence-corrected chi connectivity index (χ1v) is 9.35. The predicted octanol–water partition coefficient (Wildman–Crippen LogP) is 4.46. The minimum Gasteiger partial charge on any atom is -0.355 e. The maximum Gasteiger partial charge on any atom is 0.240 e. The average Bonchev–Trinajstić information content (AvgIpc) is 3.40. The molecule has 2 N–H and O–H groups in total. The van der Waals surface area contributed by atoms with E-state index in [9.17, 15) is 9.59 Å². The van der Waals surface area contributed by atoms with E-state index in [1.807, 2.05) is 18.2 Å². The maximum absolute atomic E-state index is 12.6. The lowest BCUT2D eigenvalue weighted by molar-refractivity contribution is -0.134. The number of carbonyl (C=O) groups is 2. The van der Waals surface area contributed by atoms with Gasteiger partial charge < -0.3 is 10.6 Å². The zero-order chi connectivity index (χ0) is 18.6. The van der Waals surface area contributed by atoms with Crippen LogP contribution in [0.1, 0.15) is 24.8 Å². The molecule has 2 aromatic rings. The summed E-state index contributed by atoms with van der Waals surface area (Å²) in [5.74, 6) is -0.521. The topological polar surface area (TPSA) is 58.2 Å². The first kappa shape index (κ1) is 18.7. The fourth-order valence-electron chi connectivity index (χ4n) is 2.87. The van der Waals surface area contributed by atoms with E-state index in [1.165, 1.54) is 5.56 Å². The Morgan fingerprint density at radius 2 is 1.62 bits per heavy atom. The maximum atomic E-state index is 12.6. The van der Waals surface area contributed by atoms with Gasteiger partial charge in [0.1, 0.15) is 5.41 Å². The number of anilines is 1. The molecule has 0 radical (unpaired) electrons. The normalized spacial score (nSPS) is 14.5. The van der Waals surface area contributed by atoms with Crippen LogP contribution >= 0.6 is 23.2 Å². The van der Waals surface area contributed by atoms with Gasteiger partial charge in [0, 0.05) is 22.3 Å². The third-order valence-corrected chi connectivity index (χ3v) is 4.95. The Morgan fingerprint density at radius 3 is 2.23 bits per heavy atom. The molecule has 1 saturated carbocycles. The molecule has 0 aliphatic heterocycles. The molecule has 3 rings (SSSR count). The average molecular weight is 391 g/mol. The molecule has 0 spiro atoms. The molecule has 1 aliphatic rings. The highest BCUT2D eigenvalue weighted by Crippen LogP contribution is 2.47. The predicted molar refractivity (Wildman–Crippen MR) is 105 cm³/mol.